The Morgan fingerprint density at radius 2 is 1.77 bits per heavy atom. The fourth-order valence-corrected chi connectivity index (χ4v) is 3.76. The normalized spacial score (nSPS) is 15.5. The van der Waals surface area contributed by atoms with E-state index < -0.39 is 10.0 Å². The second-order valence-electron chi connectivity index (χ2n) is 5.70. The molecule has 1 heterocycles. The Morgan fingerprint density at radius 3 is 2.32 bits per heavy atom. The maximum atomic E-state index is 12.4. The smallest absolute Gasteiger partial charge is 0.253 e. The molecule has 0 saturated carbocycles. The predicted octanol–water partition coefficient (Wildman–Crippen LogP) is 2.34. The average Bonchev–Trinajstić information content (AvgIpc) is 3.06. The fraction of sp³-hybridized carbons (Fsp3) is 0.562. The van der Waals surface area contributed by atoms with Crippen molar-refractivity contribution in [3.8, 4) is 0 Å². The van der Waals surface area contributed by atoms with Gasteiger partial charge in [-0.15, -0.1) is 0 Å². The monoisotopic (exact) mass is 324 g/mol. The summed E-state index contributed by atoms with van der Waals surface area (Å²) in [5.41, 5.74) is 0.553. The molecule has 1 aliphatic heterocycles. The first-order chi connectivity index (χ1) is 10.5. The van der Waals surface area contributed by atoms with Crippen LogP contribution in [0.25, 0.3) is 0 Å². The quantitative estimate of drug-likeness (QED) is 0.807. The van der Waals surface area contributed by atoms with E-state index in [1.54, 1.807) is 19.2 Å². The number of carbonyl (C=O) groups excluding carboxylic acids is 1. The molecule has 1 aromatic carbocycles. The number of benzene rings is 1. The molecule has 0 radical (unpaired) electrons. The standard InChI is InChI=1S/C16H24N2O3S/c1-3-4-11-17(2)22(20,21)15-9-7-14(8-10-15)16(19)18-12-5-6-13-18/h7-10H,3-6,11-13H2,1-2H3. The van der Waals surface area contributed by atoms with Crippen LogP contribution in [0.2, 0.25) is 0 Å². The molecule has 1 amide bonds. The van der Waals surface area contributed by atoms with E-state index in [4.69, 9.17) is 0 Å². The van der Waals surface area contributed by atoms with Gasteiger partial charge in [-0.1, -0.05) is 13.3 Å². The zero-order chi connectivity index (χ0) is 16.2. The van der Waals surface area contributed by atoms with Crippen LogP contribution >= 0.6 is 0 Å². The number of unbranched alkanes of at least 4 members (excludes halogenated alkanes) is 1. The molecular weight excluding hydrogens is 300 g/mol. The summed E-state index contributed by atoms with van der Waals surface area (Å²) in [6, 6.07) is 6.28. The lowest BCUT2D eigenvalue weighted by atomic mass is 10.2. The summed E-state index contributed by atoms with van der Waals surface area (Å²) >= 11 is 0. The Kier molecular flexibility index (Phi) is 5.58. The van der Waals surface area contributed by atoms with Gasteiger partial charge in [-0.25, -0.2) is 12.7 Å². The molecule has 6 heteroatoms. The summed E-state index contributed by atoms with van der Waals surface area (Å²) in [5.74, 6) is -0.0132. The van der Waals surface area contributed by atoms with E-state index >= 15 is 0 Å². The summed E-state index contributed by atoms with van der Waals surface area (Å²) in [5, 5.41) is 0. The van der Waals surface area contributed by atoms with Gasteiger partial charge in [0.1, 0.15) is 0 Å². The molecule has 0 aromatic heterocycles. The zero-order valence-corrected chi connectivity index (χ0v) is 14.1. The molecule has 1 fully saturated rings. The summed E-state index contributed by atoms with van der Waals surface area (Å²) in [6.07, 6.45) is 3.87. The van der Waals surface area contributed by atoms with E-state index in [1.807, 2.05) is 11.8 Å². The zero-order valence-electron chi connectivity index (χ0n) is 13.3. The Bertz CT molecular complexity index is 605. The SMILES string of the molecule is CCCCN(C)S(=O)(=O)c1ccc(C(=O)N2CCCC2)cc1. The highest BCUT2D eigenvalue weighted by molar-refractivity contribution is 7.89. The van der Waals surface area contributed by atoms with Gasteiger partial charge in [0, 0.05) is 32.2 Å². The molecule has 0 bridgehead atoms. The Morgan fingerprint density at radius 1 is 1.18 bits per heavy atom. The minimum absolute atomic E-state index is 0.0132. The summed E-state index contributed by atoms with van der Waals surface area (Å²) < 4.78 is 26.2. The van der Waals surface area contributed by atoms with E-state index in [-0.39, 0.29) is 10.8 Å². The van der Waals surface area contributed by atoms with Crippen LogP contribution in [-0.2, 0) is 10.0 Å². The maximum absolute atomic E-state index is 12.4. The molecule has 2 rings (SSSR count). The predicted molar refractivity (Wildman–Crippen MR) is 86.3 cm³/mol. The van der Waals surface area contributed by atoms with Crippen molar-refractivity contribution in [3.63, 3.8) is 0 Å². The first-order valence-electron chi connectivity index (χ1n) is 7.82. The third-order valence-electron chi connectivity index (χ3n) is 4.03. The number of amides is 1. The van der Waals surface area contributed by atoms with Crippen LogP contribution in [0.5, 0.6) is 0 Å². The molecule has 22 heavy (non-hydrogen) atoms. The Hall–Kier alpha value is -1.40. The summed E-state index contributed by atoms with van der Waals surface area (Å²) in [4.78, 5) is 14.3. The van der Waals surface area contributed by atoms with Gasteiger partial charge < -0.3 is 4.90 Å². The lowest BCUT2D eigenvalue weighted by Crippen LogP contribution is -2.29. The Balaban J connectivity index is 2.12. The molecule has 1 aromatic rings. The molecule has 122 valence electrons. The maximum Gasteiger partial charge on any atom is 0.253 e. The second-order valence-corrected chi connectivity index (χ2v) is 7.75. The van der Waals surface area contributed by atoms with E-state index in [0.29, 0.717) is 12.1 Å². The van der Waals surface area contributed by atoms with E-state index in [9.17, 15) is 13.2 Å². The van der Waals surface area contributed by atoms with Gasteiger partial charge in [-0.3, -0.25) is 4.79 Å². The molecule has 0 aliphatic carbocycles. The molecule has 0 spiro atoms. The lowest BCUT2D eigenvalue weighted by Gasteiger charge is -2.18. The first-order valence-corrected chi connectivity index (χ1v) is 9.26. The summed E-state index contributed by atoms with van der Waals surface area (Å²) in [7, 11) is -1.87. The van der Waals surface area contributed by atoms with Crippen LogP contribution in [0.4, 0.5) is 0 Å². The minimum atomic E-state index is -3.46. The topological polar surface area (TPSA) is 57.7 Å². The lowest BCUT2D eigenvalue weighted by molar-refractivity contribution is 0.0792. The molecule has 1 saturated heterocycles. The van der Waals surface area contributed by atoms with Crippen LogP contribution in [0.3, 0.4) is 0 Å². The molecular formula is C16H24N2O3S. The minimum Gasteiger partial charge on any atom is -0.339 e. The highest BCUT2D eigenvalue weighted by Gasteiger charge is 2.22. The number of likely N-dealkylation sites (tertiary alicyclic amines) is 1. The number of carbonyl (C=O) groups is 1. The highest BCUT2D eigenvalue weighted by atomic mass is 32.2. The van der Waals surface area contributed by atoms with Gasteiger partial charge in [-0.2, -0.15) is 0 Å². The van der Waals surface area contributed by atoms with Crippen molar-refractivity contribution in [2.45, 2.75) is 37.5 Å². The summed E-state index contributed by atoms with van der Waals surface area (Å²) in [6.45, 7) is 4.11. The van der Waals surface area contributed by atoms with Crippen molar-refractivity contribution in [2.75, 3.05) is 26.7 Å². The van der Waals surface area contributed by atoms with E-state index in [2.05, 4.69) is 0 Å². The van der Waals surface area contributed by atoms with Crippen LogP contribution < -0.4 is 0 Å². The second kappa shape index (κ2) is 7.24. The van der Waals surface area contributed by atoms with Crippen molar-refractivity contribution in [3.05, 3.63) is 29.8 Å². The number of hydrogen-bond acceptors (Lipinski definition) is 3. The van der Waals surface area contributed by atoms with Crippen LogP contribution in [0.1, 0.15) is 43.0 Å². The molecule has 1 aliphatic rings. The number of nitrogens with zero attached hydrogens (tertiary/aromatic N) is 2. The van der Waals surface area contributed by atoms with Gasteiger partial charge in [0.15, 0.2) is 0 Å². The molecule has 0 N–H and O–H groups in total. The van der Waals surface area contributed by atoms with Gasteiger partial charge in [0.2, 0.25) is 10.0 Å². The Labute approximate surface area is 133 Å². The number of hydrogen-bond donors (Lipinski definition) is 0. The van der Waals surface area contributed by atoms with Crippen molar-refractivity contribution >= 4 is 15.9 Å². The molecule has 0 atom stereocenters. The van der Waals surface area contributed by atoms with Crippen molar-refractivity contribution < 1.29 is 13.2 Å². The molecule has 5 nitrogen and oxygen atoms in total. The van der Waals surface area contributed by atoms with Crippen molar-refractivity contribution in [2.24, 2.45) is 0 Å². The largest absolute Gasteiger partial charge is 0.339 e. The van der Waals surface area contributed by atoms with Crippen LogP contribution in [-0.4, -0.2) is 50.2 Å². The van der Waals surface area contributed by atoms with Crippen LogP contribution in [0.15, 0.2) is 29.2 Å². The highest BCUT2D eigenvalue weighted by Crippen LogP contribution is 2.18. The number of rotatable bonds is 6. The molecule has 0 unspecified atom stereocenters. The average molecular weight is 324 g/mol. The van der Waals surface area contributed by atoms with Gasteiger partial charge in [-0.05, 0) is 43.5 Å². The fourth-order valence-electron chi connectivity index (χ4n) is 2.55. The van der Waals surface area contributed by atoms with Crippen LogP contribution in [0, 0.1) is 0 Å². The van der Waals surface area contributed by atoms with E-state index in [1.165, 1.54) is 16.4 Å². The number of sulfonamides is 1. The van der Waals surface area contributed by atoms with Gasteiger partial charge in [0.25, 0.3) is 5.91 Å². The van der Waals surface area contributed by atoms with Gasteiger partial charge in [0.05, 0.1) is 4.90 Å². The van der Waals surface area contributed by atoms with Crippen molar-refractivity contribution in [1.29, 1.82) is 0 Å². The first kappa shape index (κ1) is 17.0. The third-order valence-corrected chi connectivity index (χ3v) is 5.90. The third kappa shape index (κ3) is 3.67. The van der Waals surface area contributed by atoms with E-state index in [0.717, 1.165) is 38.8 Å². The van der Waals surface area contributed by atoms with Crippen molar-refractivity contribution in [1.82, 2.24) is 9.21 Å². The van der Waals surface area contributed by atoms with Gasteiger partial charge >= 0.3 is 0 Å².